The molecule has 6 nitrogen and oxygen atoms in total. The standard InChI is InChI=1S/C25H35F3N4O2/c1-6-7-11-32-22(14-21(30(32)5)24(2,3)4)29-23(34)20-13-18(25(26,27)28)9-8-17(20)15-31-12-10-19(33)16-31/h8-9,13-14,19,33H,6-7,10-12,15-16H2,1-5H3/b29-22+/t19-/m1/s1. The Labute approximate surface area is 198 Å². The van der Waals surface area contributed by atoms with Crippen LogP contribution in [0.3, 0.4) is 0 Å². The normalized spacial score (nSPS) is 18.1. The minimum Gasteiger partial charge on any atom is -0.392 e. The summed E-state index contributed by atoms with van der Waals surface area (Å²) in [4.78, 5) is 19.6. The van der Waals surface area contributed by atoms with Crippen molar-refractivity contribution >= 4 is 5.91 Å². The third kappa shape index (κ3) is 5.99. The van der Waals surface area contributed by atoms with E-state index in [2.05, 4.69) is 32.7 Å². The molecule has 2 heterocycles. The maximum absolute atomic E-state index is 13.4. The van der Waals surface area contributed by atoms with Gasteiger partial charge in [-0.3, -0.25) is 19.1 Å². The quantitative estimate of drug-likeness (QED) is 0.673. The second kappa shape index (κ2) is 10.1. The molecule has 1 aromatic heterocycles. The predicted octanol–water partition coefficient (Wildman–Crippen LogP) is 4.25. The van der Waals surface area contributed by atoms with Crippen molar-refractivity contribution in [3.05, 3.63) is 52.1 Å². The summed E-state index contributed by atoms with van der Waals surface area (Å²) in [6.45, 7) is 10.2. The summed E-state index contributed by atoms with van der Waals surface area (Å²) in [5.41, 5.74) is 0.759. The molecule has 1 atom stereocenters. The Morgan fingerprint density at radius 1 is 1.21 bits per heavy atom. The number of hydrogen-bond acceptors (Lipinski definition) is 3. The molecule has 1 fully saturated rings. The van der Waals surface area contributed by atoms with Gasteiger partial charge in [-0.25, -0.2) is 0 Å². The van der Waals surface area contributed by atoms with Crippen LogP contribution in [0.25, 0.3) is 0 Å². The van der Waals surface area contributed by atoms with Crippen LogP contribution in [-0.4, -0.2) is 44.5 Å². The van der Waals surface area contributed by atoms with Gasteiger partial charge in [0, 0.05) is 56.0 Å². The van der Waals surface area contributed by atoms with Gasteiger partial charge in [-0.2, -0.15) is 18.2 Å². The molecule has 0 spiro atoms. The topological polar surface area (TPSA) is 62.8 Å². The summed E-state index contributed by atoms with van der Waals surface area (Å²) < 4.78 is 44.2. The van der Waals surface area contributed by atoms with Crippen LogP contribution in [0, 0.1) is 0 Å². The van der Waals surface area contributed by atoms with Gasteiger partial charge in [0.05, 0.1) is 11.7 Å². The molecule has 0 unspecified atom stereocenters. The Bertz CT molecular complexity index is 1090. The van der Waals surface area contributed by atoms with Crippen molar-refractivity contribution in [2.24, 2.45) is 12.0 Å². The summed E-state index contributed by atoms with van der Waals surface area (Å²) in [5.74, 6) is -0.697. The average Bonchev–Trinajstić information content (AvgIpc) is 3.28. The van der Waals surface area contributed by atoms with Crippen molar-refractivity contribution in [1.82, 2.24) is 14.3 Å². The number of β-amino-alcohol motifs (C(OH)–C–C–N with tert-alkyl or cyclic N) is 1. The van der Waals surface area contributed by atoms with Gasteiger partial charge in [0.15, 0.2) is 5.49 Å². The zero-order chi connectivity index (χ0) is 25.3. The first kappa shape index (κ1) is 26.2. The van der Waals surface area contributed by atoms with Crippen LogP contribution in [-0.2, 0) is 31.7 Å². The van der Waals surface area contributed by atoms with Crippen molar-refractivity contribution in [2.75, 3.05) is 13.1 Å². The van der Waals surface area contributed by atoms with Crippen molar-refractivity contribution in [2.45, 2.75) is 77.7 Å². The Kier molecular flexibility index (Phi) is 7.77. The number of likely N-dealkylation sites (tertiary alicyclic amines) is 1. The van der Waals surface area contributed by atoms with Gasteiger partial charge in [-0.15, -0.1) is 0 Å². The van der Waals surface area contributed by atoms with Gasteiger partial charge in [-0.1, -0.05) is 40.2 Å². The highest BCUT2D eigenvalue weighted by atomic mass is 19.4. The van der Waals surface area contributed by atoms with E-state index in [0.717, 1.165) is 30.7 Å². The van der Waals surface area contributed by atoms with Crippen molar-refractivity contribution in [3.63, 3.8) is 0 Å². The van der Waals surface area contributed by atoms with Crippen LogP contribution in [0.4, 0.5) is 13.2 Å². The van der Waals surface area contributed by atoms with Crippen molar-refractivity contribution < 1.29 is 23.1 Å². The first-order chi connectivity index (χ1) is 15.8. The van der Waals surface area contributed by atoms with Crippen LogP contribution in [0.2, 0.25) is 0 Å². The van der Waals surface area contributed by atoms with Crippen LogP contribution < -0.4 is 5.49 Å². The number of alkyl halides is 3. The van der Waals surface area contributed by atoms with E-state index >= 15 is 0 Å². The van der Waals surface area contributed by atoms with Gasteiger partial charge in [0.2, 0.25) is 0 Å². The van der Waals surface area contributed by atoms with Crippen LogP contribution in [0.15, 0.2) is 29.3 Å². The molecule has 2 aromatic rings. The third-order valence-corrected chi connectivity index (χ3v) is 6.26. The number of aliphatic hydroxyl groups excluding tert-OH is 1. The third-order valence-electron chi connectivity index (χ3n) is 6.26. The SMILES string of the molecule is CCCCn1/c(=N/C(=O)c2cc(C(F)(F)F)ccc2CN2CC[C@@H](O)C2)cc(C(C)(C)C)n1C. The maximum atomic E-state index is 13.4. The van der Waals surface area contributed by atoms with Crippen molar-refractivity contribution in [3.8, 4) is 0 Å². The predicted molar refractivity (Wildman–Crippen MR) is 124 cm³/mol. The average molecular weight is 481 g/mol. The van der Waals surface area contributed by atoms with Crippen LogP contribution >= 0.6 is 0 Å². The number of aromatic nitrogens is 2. The Balaban J connectivity index is 2.09. The number of halogens is 3. The molecule has 1 amide bonds. The largest absolute Gasteiger partial charge is 0.416 e. The second-order valence-corrected chi connectivity index (χ2v) is 10.1. The molecule has 1 aromatic carbocycles. The van der Waals surface area contributed by atoms with E-state index in [1.807, 2.05) is 27.4 Å². The van der Waals surface area contributed by atoms with E-state index in [1.54, 1.807) is 0 Å². The van der Waals surface area contributed by atoms with E-state index < -0.39 is 23.8 Å². The molecule has 0 bridgehead atoms. The van der Waals surface area contributed by atoms with E-state index in [-0.39, 0.29) is 17.5 Å². The monoisotopic (exact) mass is 480 g/mol. The number of amides is 1. The van der Waals surface area contributed by atoms with Gasteiger partial charge in [-0.05, 0) is 30.5 Å². The second-order valence-electron chi connectivity index (χ2n) is 10.1. The molecular formula is C25H35F3N4O2. The Morgan fingerprint density at radius 3 is 2.47 bits per heavy atom. The highest BCUT2D eigenvalue weighted by Gasteiger charge is 2.32. The van der Waals surface area contributed by atoms with Crippen LogP contribution in [0.5, 0.6) is 0 Å². The van der Waals surface area contributed by atoms with E-state index in [0.29, 0.717) is 37.1 Å². The highest BCUT2D eigenvalue weighted by Crippen LogP contribution is 2.31. The molecule has 1 saturated heterocycles. The zero-order valence-corrected chi connectivity index (χ0v) is 20.6. The van der Waals surface area contributed by atoms with E-state index in [4.69, 9.17) is 0 Å². The minimum atomic E-state index is -4.56. The van der Waals surface area contributed by atoms with Gasteiger partial charge < -0.3 is 5.11 Å². The number of carbonyl (C=O) groups excluding carboxylic acids is 1. The molecule has 3 rings (SSSR count). The molecule has 34 heavy (non-hydrogen) atoms. The number of nitrogens with zero attached hydrogens (tertiary/aromatic N) is 4. The molecule has 1 N–H and O–H groups in total. The van der Waals surface area contributed by atoms with Gasteiger partial charge >= 0.3 is 6.18 Å². The number of unbranched alkanes of at least 4 members (excludes halogenated alkanes) is 1. The lowest BCUT2D eigenvalue weighted by Gasteiger charge is -2.20. The van der Waals surface area contributed by atoms with Gasteiger partial charge in [0.25, 0.3) is 5.91 Å². The summed E-state index contributed by atoms with van der Waals surface area (Å²) in [5, 5.41) is 9.82. The first-order valence-electron chi connectivity index (χ1n) is 11.8. The lowest BCUT2D eigenvalue weighted by molar-refractivity contribution is -0.137. The maximum Gasteiger partial charge on any atom is 0.416 e. The fourth-order valence-electron chi connectivity index (χ4n) is 4.39. The lowest BCUT2D eigenvalue weighted by atomic mass is 9.92. The summed E-state index contributed by atoms with van der Waals surface area (Å²) in [6.07, 6.45) is -2.59. The molecular weight excluding hydrogens is 445 g/mol. The molecule has 188 valence electrons. The fraction of sp³-hybridized carbons (Fsp3) is 0.600. The summed E-state index contributed by atoms with van der Waals surface area (Å²) in [6, 6.07) is 5.10. The number of benzene rings is 1. The number of hydrogen-bond donors (Lipinski definition) is 1. The number of carbonyl (C=O) groups is 1. The van der Waals surface area contributed by atoms with Crippen LogP contribution in [0.1, 0.15) is 74.1 Å². The van der Waals surface area contributed by atoms with Crippen molar-refractivity contribution in [1.29, 1.82) is 0 Å². The number of aliphatic hydroxyl groups is 1. The fourth-order valence-corrected chi connectivity index (χ4v) is 4.39. The Morgan fingerprint density at radius 2 is 1.91 bits per heavy atom. The van der Waals surface area contributed by atoms with E-state index in [9.17, 15) is 23.1 Å². The molecule has 0 aliphatic carbocycles. The lowest BCUT2D eigenvalue weighted by Crippen LogP contribution is -2.26. The number of rotatable bonds is 6. The molecule has 1 aliphatic rings. The van der Waals surface area contributed by atoms with Gasteiger partial charge in [0.1, 0.15) is 0 Å². The first-order valence-corrected chi connectivity index (χ1v) is 11.8. The Hall–Kier alpha value is -2.39. The smallest absolute Gasteiger partial charge is 0.392 e. The van der Waals surface area contributed by atoms with E-state index in [1.165, 1.54) is 6.07 Å². The molecule has 0 saturated carbocycles. The zero-order valence-electron chi connectivity index (χ0n) is 20.6. The molecule has 1 aliphatic heterocycles. The highest BCUT2D eigenvalue weighted by molar-refractivity contribution is 5.96. The summed E-state index contributed by atoms with van der Waals surface area (Å²) >= 11 is 0. The molecule has 0 radical (unpaired) electrons. The molecule has 9 heteroatoms. The summed E-state index contributed by atoms with van der Waals surface area (Å²) in [7, 11) is 1.91. The minimum absolute atomic E-state index is 0.0561.